The second kappa shape index (κ2) is 10.6. The molecular formula is C27H31N5O4S. The van der Waals surface area contributed by atoms with Crippen LogP contribution in [0.15, 0.2) is 40.9 Å². The van der Waals surface area contributed by atoms with E-state index in [4.69, 9.17) is 9.26 Å². The second-order valence-electron chi connectivity index (χ2n) is 9.86. The molecule has 9 nitrogen and oxygen atoms in total. The largest absolute Gasteiger partial charge is 0.490 e. The summed E-state index contributed by atoms with van der Waals surface area (Å²) in [6.45, 7) is 6.33. The Bertz CT molecular complexity index is 1420. The van der Waals surface area contributed by atoms with Gasteiger partial charge in [-0.2, -0.15) is 10.2 Å². The Labute approximate surface area is 217 Å². The summed E-state index contributed by atoms with van der Waals surface area (Å²) in [4.78, 5) is 6.80. The van der Waals surface area contributed by atoms with Gasteiger partial charge in [-0.05, 0) is 81.9 Å². The topological polar surface area (TPSA) is 121 Å². The number of hydrogen-bond acceptors (Lipinski definition) is 8. The molecule has 1 N–H and O–H groups in total. The molecule has 0 saturated carbocycles. The first-order valence-electron chi connectivity index (χ1n) is 12.7. The average molecular weight is 522 g/mol. The summed E-state index contributed by atoms with van der Waals surface area (Å²) in [5.41, 5.74) is 3.83. The molecule has 2 heterocycles. The average Bonchev–Trinajstić information content (AvgIpc) is 3.64. The molecule has 5 rings (SSSR count). The lowest BCUT2D eigenvalue weighted by Gasteiger charge is -2.18. The van der Waals surface area contributed by atoms with Crippen molar-refractivity contribution in [1.29, 1.82) is 5.26 Å². The van der Waals surface area contributed by atoms with Crippen molar-refractivity contribution in [3.8, 4) is 34.7 Å². The van der Waals surface area contributed by atoms with Crippen LogP contribution in [0.2, 0.25) is 0 Å². The van der Waals surface area contributed by atoms with E-state index < -0.39 is 10.0 Å². The minimum Gasteiger partial charge on any atom is -0.490 e. The molecule has 0 amide bonds. The van der Waals surface area contributed by atoms with Gasteiger partial charge in [-0.25, -0.2) is 13.1 Å². The quantitative estimate of drug-likeness (QED) is 0.447. The fraction of sp³-hybridized carbons (Fsp3) is 0.444. The Morgan fingerprint density at radius 1 is 1.24 bits per heavy atom. The van der Waals surface area contributed by atoms with Gasteiger partial charge in [0.15, 0.2) is 0 Å². The standard InChI is InChI=1S/C27H31N5O4S/c1-18(2)35-25-11-8-19(16-20(25)17-28)27-29-26(30-36-27)23-7-5-6-22-21(23)9-10-24(22)31-37(33,34)15-14-32-12-3-4-13-32/h5-8,11,16,18,24,31H,3-4,9-10,12-15H2,1-2H3/t24-/m1/s1. The molecule has 2 aliphatic rings. The number of nitrogens with zero attached hydrogens (tertiary/aromatic N) is 4. The maximum atomic E-state index is 12.8. The van der Waals surface area contributed by atoms with Gasteiger partial charge in [-0.1, -0.05) is 23.4 Å². The van der Waals surface area contributed by atoms with E-state index in [1.165, 1.54) is 0 Å². The number of fused-ring (bicyclic) bond motifs is 1. The van der Waals surface area contributed by atoms with Crippen LogP contribution in [0.25, 0.3) is 22.8 Å². The summed E-state index contributed by atoms with van der Waals surface area (Å²) in [7, 11) is -3.40. The SMILES string of the molecule is CC(C)Oc1ccc(-c2nc(-c3cccc4c3CC[C@H]4NS(=O)(=O)CCN3CCCC3)no2)cc1C#N. The van der Waals surface area contributed by atoms with Crippen molar-refractivity contribution in [3.63, 3.8) is 0 Å². The molecule has 1 aliphatic carbocycles. The summed E-state index contributed by atoms with van der Waals surface area (Å²) in [5, 5.41) is 13.7. The molecule has 0 unspecified atom stereocenters. The van der Waals surface area contributed by atoms with E-state index in [1.807, 2.05) is 32.0 Å². The summed E-state index contributed by atoms with van der Waals surface area (Å²) >= 11 is 0. The number of benzene rings is 2. The van der Waals surface area contributed by atoms with E-state index in [1.54, 1.807) is 18.2 Å². The van der Waals surface area contributed by atoms with Crippen LogP contribution in [0.3, 0.4) is 0 Å². The van der Waals surface area contributed by atoms with E-state index in [2.05, 4.69) is 25.8 Å². The molecule has 1 atom stereocenters. The number of likely N-dealkylation sites (tertiary alicyclic amines) is 1. The van der Waals surface area contributed by atoms with E-state index in [0.29, 0.717) is 48.0 Å². The summed E-state index contributed by atoms with van der Waals surface area (Å²) < 4.78 is 39.7. The maximum absolute atomic E-state index is 12.8. The number of nitriles is 1. The zero-order valence-corrected chi connectivity index (χ0v) is 21.9. The monoisotopic (exact) mass is 521 g/mol. The van der Waals surface area contributed by atoms with Crippen LogP contribution in [0.4, 0.5) is 0 Å². The molecule has 10 heteroatoms. The van der Waals surface area contributed by atoms with Gasteiger partial charge < -0.3 is 14.2 Å². The molecule has 37 heavy (non-hydrogen) atoms. The Kier molecular flexibility index (Phi) is 7.29. The fourth-order valence-corrected chi connectivity index (χ4v) is 6.37. The third-order valence-corrected chi connectivity index (χ3v) is 8.21. The lowest BCUT2D eigenvalue weighted by molar-refractivity contribution is 0.241. The van der Waals surface area contributed by atoms with Crippen molar-refractivity contribution in [2.75, 3.05) is 25.4 Å². The molecule has 1 aliphatic heterocycles. The molecule has 0 radical (unpaired) electrons. The lowest BCUT2D eigenvalue weighted by Crippen LogP contribution is -2.35. The van der Waals surface area contributed by atoms with Crippen molar-refractivity contribution in [2.45, 2.75) is 51.7 Å². The van der Waals surface area contributed by atoms with Gasteiger partial charge >= 0.3 is 0 Å². The van der Waals surface area contributed by atoms with Gasteiger partial charge in [0.1, 0.15) is 11.8 Å². The van der Waals surface area contributed by atoms with Gasteiger partial charge in [-0.3, -0.25) is 0 Å². The van der Waals surface area contributed by atoms with Crippen LogP contribution < -0.4 is 9.46 Å². The number of ether oxygens (including phenoxy) is 1. The highest BCUT2D eigenvalue weighted by Crippen LogP contribution is 2.38. The Morgan fingerprint density at radius 3 is 2.81 bits per heavy atom. The third kappa shape index (κ3) is 5.69. The molecule has 194 valence electrons. The first-order valence-corrected chi connectivity index (χ1v) is 14.4. The van der Waals surface area contributed by atoms with Gasteiger partial charge in [0, 0.05) is 23.7 Å². The highest BCUT2D eigenvalue weighted by Gasteiger charge is 2.30. The van der Waals surface area contributed by atoms with Gasteiger partial charge in [0.25, 0.3) is 5.89 Å². The molecular weight excluding hydrogens is 490 g/mol. The molecule has 1 aromatic heterocycles. The maximum Gasteiger partial charge on any atom is 0.258 e. The van der Waals surface area contributed by atoms with Gasteiger partial charge in [-0.15, -0.1) is 0 Å². The lowest BCUT2D eigenvalue weighted by atomic mass is 10.0. The number of nitrogens with one attached hydrogen (secondary N) is 1. The van der Waals surface area contributed by atoms with E-state index in [0.717, 1.165) is 42.6 Å². The molecule has 0 bridgehead atoms. The van der Waals surface area contributed by atoms with Crippen LogP contribution in [-0.4, -0.2) is 54.9 Å². The third-order valence-electron chi connectivity index (χ3n) is 6.84. The number of hydrogen-bond donors (Lipinski definition) is 1. The van der Waals surface area contributed by atoms with Crippen LogP contribution >= 0.6 is 0 Å². The highest BCUT2D eigenvalue weighted by atomic mass is 32.2. The fourth-order valence-electron chi connectivity index (χ4n) is 5.07. The predicted octanol–water partition coefficient (Wildman–Crippen LogP) is 4.06. The van der Waals surface area contributed by atoms with Crippen LogP contribution in [0.1, 0.15) is 55.8 Å². The van der Waals surface area contributed by atoms with E-state index in [9.17, 15) is 13.7 Å². The van der Waals surface area contributed by atoms with Crippen LogP contribution in [0, 0.1) is 11.3 Å². The first-order chi connectivity index (χ1) is 17.8. The molecule has 1 fully saturated rings. The summed E-state index contributed by atoms with van der Waals surface area (Å²) in [6, 6.07) is 12.9. The predicted molar refractivity (Wildman–Crippen MR) is 139 cm³/mol. The highest BCUT2D eigenvalue weighted by molar-refractivity contribution is 7.89. The zero-order chi connectivity index (χ0) is 26.0. The van der Waals surface area contributed by atoms with Crippen molar-refractivity contribution in [1.82, 2.24) is 19.8 Å². The minimum absolute atomic E-state index is 0.0495. The van der Waals surface area contributed by atoms with Crippen LogP contribution in [-0.2, 0) is 16.4 Å². The van der Waals surface area contributed by atoms with Crippen molar-refractivity contribution in [2.24, 2.45) is 0 Å². The Morgan fingerprint density at radius 2 is 2.05 bits per heavy atom. The smallest absolute Gasteiger partial charge is 0.258 e. The van der Waals surface area contributed by atoms with E-state index in [-0.39, 0.29) is 17.9 Å². The zero-order valence-electron chi connectivity index (χ0n) is 21.1. The second-order valence-corrected chi connectivity index (χ2v) is 11.7. The molecule has 0 spiro atoms. The number of aromatic nitrogens is 2. The number of rotatable bonds is 9. The van der Waals surface area contributed by atoms with Gasteiger partial charge in [0.05, 0.1) is 17.4 Å². The normalized spacial score (nSPS) is 17.7. The van der Waals surface area contributed by atoms with Gasteiger partial charge in [0.2, 0.25) is 15.8 Å². The Balaban J connectivity index is 1.34. The van der Waals surface area contributed by atoms with Crippen molar-refractivity contribution < 1.29 is 17.7 Å². The minimum atomic E-state index is -3.40. The molecule has 1 saturated heterocycles. The molecule has 2 aromatic carbocycles. The van der Waals surface area contributed by atoms with E-state index >= 15 is 0 Å². The number of sulfonamides is 1. The van der Waals surface area contributed by atoms with Crippen molar-refractivity contribution in [3.05, 3.63) is 53.1 Å². The summed E-state index contributed by atoms with van der Waals surface area (Å²) in [5.74, 6) is 1.36. The first kappa shape index (κ1) is 25.4. The van der Waals surface area contributed by atoms with Crippen LogP contribution in [0.5, 0.6) is 5.75 Å². The molecule has 3 aromatic rings. The Hall–Kier alpha value is -3.26. The summed E-state index contributed by atoms with van der Waals surface area (Å²) in [6.07, 6.45) is 3.63. The van der Waals surface area contributed by atoms with Crippen molar-refractivity contribution >= 4 is 10.0 Å².